The molecule has 0 amide bonds. The molecule has 0 aliphatic rings. The number of nitrogens with zero attached hydrogens (tertiary/aromatic N) is 1. The Morgan fingerprint density at radius 2 is 1.65 bits per heavy atom. The number of quaternary nitrogens is 1. The third-order valence-corrected chi connectivity index (χ3v) is 2.77. The summed E-state index contributed by atoms with van der Waals surface area (Å²) in [6.45, 7) is 0.364. The fourth-order valence-electron chi connectivity index (χ4n) is 1.92. The van der Waals surface area contributed by atoms with E-state index in [9.17, 15) is 19.5 Å². The average molecular weight is 332 g/mol. The highest BCUT2D eigenvalue weighted by Crippen LogP contribution is 2.07. The van der Waals surface area contributed by atoms with E-state index >= 15 is 0 Å². The molecule has 0 saturated heterocycles. The number of allylic oxidation sites excluding steroid dienone is 1. The van der Waals surface area contributed by atoms with Gasteiger partial charge in [0.15, 0.2) is 6.10 Å². The number of aliphatic hydroxyl groups excluding tert-OH is 1. The Morgan fingerprint density at radius 1 is 1.09 bits per heavy atom. The maximum absolute atomic E-state index is 11.7. The quantitative estimate of drug-likeness (QED) is 0.282. The van der Waals surface area contributed by atoms with Gasteiger partial charge in [0.2, 0.25) is 0 Å². The van der Waals surface area contributed by atoms with Crippen molar-refractivity contribution in [1.82, 2.24) is 0 Å². The van der Waals surface area contributed by atoms with E-state index in [1.165, 1.54) is 6.08 Å². The second-order valence-corrected chi connectivity index (χ2v) is 6.36. The predicted molar refractivity (Wildman–Crippen MR) is 81.7 cm³/mol. The van der Waals surface area contributed by atoms with Crippen LogP contribution in [-0.4, -0.2) is 77.6 Å². The summed E-state index contributed by atoms with van der Waals surface area (Å²) >= 11 is 0. The Hall–Kier alpha value is -1.93. The number of aliphatic hydroxyl groups is 1. The Kier molecular flexibility index (Phi) is 9.12. The lowest BCUT2D eigenvalue weighted by atomic mass is 10.1. The molecule has 0 aliphatic heterocycles. The van der Waals surface area contributed by atoms with Gasteiger partial charge in [-0.3, -0.25) is 9.59 Å². The van der Waals surface area contributed by atoms with Crippen molar-refractivity contribution in [3.8, 4) is 0 Å². The van der Waals surface area contributed by atoms with E-state index in [1.54, 1.807) is 0 Å². The summed E-state index contributed by atoms with van der Waals surface area (Å²) in [6, 6.07) is 0. The van der Waals surface area contributed by atoms with Crippen molar-refractivity contribution < 1.29 is 38.9 Å². The number of carboxylic acids is 2. The molecule has 0 aromatic rings. The number of carboxylic acid groups (broad SMARTS) is 2. The molecule has 0 aliphatic carbocycles. The van der Waals surface area contributed by atoms with Crippen LogP contribution in [0.5, 0.6) is 0 Å². The van der Waals surface area contributed by atoms with Crippen LogP contribution in [0.15, 0.2) is 12.2 Å². The maximum Gasteiger partial charge on any atom is 0.330 e. The third-order valence-electron chi connectivity index (χ3n) is 2.77. The summed E-state index contributed by atoms with van der Waals surface area (Å²) in [6.07, 6.45) is 0.855. The van der Waals surface area contributed by atoms with Gasteiger partial charge in [0.1, 0.15) is 6.54 Å². The summed E-state index contributed by atoms with van der Waals surface area (Å²) in [5.41, 5.74) is 0. The number of ether oxygens (including phenoxy) is 1. The third kappa shape index (κ3) is 13.5. The molecule has 132 valence electrons. The molecule has 0 radical (unpaired) electrons. The SMILES string of the molecule is C[N+](C)(C)CC(CC(=O)O)OC(=O)/C=C/CCC(O)CC(=O)O. The van der Waals surface area contributed by atoms with E-state index < -0.39 is 30.1 Å². The molecule has 0 spiro atoms. The van der Waals surface area contributed by atoms with Crippen LogP contribution in [0.25, 0.3) is 0 Å². The van der Waals surface area contributed by atoms with Gasteiger partial charge in [-0.05, 0) is 12.8 Å². The summed E-state index contributed by atoms with van der Waals surface area (Å²) in [5.74, 6) is -2.79. The van der Waals surface area contributed by atoms with Crippen LogP contribution >= 0.6 is 0 Å². The number of hydrogen-bond donors (Lipinski definition) is 3. The highest BCUT2D eigenvalue weighted by Gasteiger charge is 2.24. The lowest BCUT2D eigenvalue weighted by molar-refractivity contribution is -0.873. The van der Waals surface area contributed by atoms with Crippen LogP contribution in [0, 0.1) is 0 Å². The zero-order valence-corrected chi connectivity index (χ0v) is 13.8. The summed E-state index contributed by atoms with van der Waals surface area (Å²) in [5, 5.41) is 26.7. The Labute approximate surface area is 135 Å². The predicted octanol–water partition coefficient (Wildman–Crippen LogP) is 0.251. The average Bonchev–Trinajstić information content (AvgIpc) is 2.30. The first kappa shape index (κ1) is 21.1. The second kappa shape index (κ2) is 9.96. The number of esters is 1. The first-order valence-corrected chi connectivity index (χ1v) is 7.29. The number of likely N-dealkylation sites (N-methyl/N-ethyl adjacent to an activating group) is 1. The number of carbonyl (C=O) groups is 3. The number of hydrogen-bond acceptors (Lipinski definition) is 5. The van der Waals surface area contributed by atoms with Crippen molar-refractivity contribution in [3.05, 3.63) is 12.2 Å². The van der Waals surface area contributed by atoms with Gasteiger partial charge in [-0.1, -0.05) is 6.08 Å². The molecule has 8 nitrogen and oxygen atoms in total. The van der Waals surface area contributed by atoms with Crippen LogP contribution in [-0.2, 0) is 19.1 Å². The fraction of sp³-hybridized carbons (Fsp3) is 0.667. The van der Waals surface area contributed by atoms with Crippen molar-refractivity contribution in [3.63, 3.8) is 0 Å². The standard InChI is InChI=1S/C15H25NO7/c1-16(2,3)10-12(9-14(20)21)23-15(22)7-5-4-6-11(17)8-13(18)19/h5,7,11-12,17H,4,6,8-10H2,1-3H3,(H-,18,19,20,21)/p+1/b7-5+. The van der Waals surface area contributed by atoms with Crippen LogP contribution in [0.2, 0.25) is 0 Å². The van der Waals surface area contributed by atoms with E-state index in [2.05, 4.69) is 0 Å². The smallest absolute Gasteiger partial charge is 0.330 e. The molecule has 0 bridgehead atoms. The van der Waals surface area contributed by atoms with E-state index in [0.717, 1.165) is 6.08 Å². The molecule has 0 aromatic heterocycles. The number of rotatable bonds is 11. The zero-order chi connectivity index (χ0) is 18.0. The van der Waals surface area contributed by atoms with Crippen LogP contribution in [0.1, 0.15) is 25.7 Å². The topological polar surface area (TPSA) is 121 Å². The highest BCUT2D eigenvalue weighted by atomic mass is 16.5. The van der Waals surface area contributed by atoms with Gasteiger partial charge in [-0.25, -0.2) is 4.79 Å². The molecule has 2 atom stereocenters. The minimum atomic E-state index is -1.09. The van der Waals surface area contributed by atoms with E-state index in [4.69, 9.17) is 14.9 Å². The lowest BCUT2D eigenvalue weighted by Crippen LogP contribution is -2.43. The largest absolute Gasteiger partial charge is 0.481 e. The summed E-state index contributed by atoms with van der Waals surface area (Å²) in [7, 11) is 5.59. The van der Waals surface area contributed by atoms with Crippen LogP contribution < -0.4 is 0 Å². The van der Waals surface area contributed by atoms with Crippen molar-refractivity contribution in [1.29, 1.82) is 0 Å². The van der Waals surface area contributed by atoms with Gasteiger partial charge in [0.25, 0.3) is 0 Å². The van der Waals surface area contributed by atoms with Crippen molar-refractivity contribution in [2.75, 3.05) is 27.7 Å². The van der Waals surface area contributed by atoms with Gasteiger partial charge >= 0.3 is 17.9 Å². The van der Waals surface area contributed by atoms with Crippen molar-refractivity contribution >= 4 is 17.9 Å². The first-order chi connectivity index (χ1) is 10.5. The Morgan fingerprint density at radius 3 is 2.13 bits per heavy atom. The Balaban J connectivity index is 4.32. The maximum atomic E-state index is 11.7. The summed E-state index contributed by atoms with van der Waals surface area (Å²) in [4.78, 5) is 32.9. The molecule has 2 unspecified atom stereocenters. The minimum Gasteiger partial charge on any atom is -0.481 e. The highest BCUT2D eigenvalue weighted by molar-refractivity contribution is 5.82. The fourth-order valence-corrected chi connectivity index (χ4v) is 1.92. The van der Waals surface area contributed by atoms with Gasteiger partial charge in [0, 0.05) is 6.08 Å². The van der Waals surface area contributed by atoms with E-state index in [0.29, 0.717) is 17.4 Å². The summed E-state index contributed by atoms with van der Waals surface area (Å²) < 4.78 is 5.58. The van der Waals surface area contributed by atoms with E-state index in [-0.39, 0.29) is 19.3 Å². The Bertz CT molecular complexity index is 440. The van der Waals surface area contributed by atoms with Gasteiger partial charge < -0.3 is 24.5 Å². The zero-order valence-electron chi connectivity index (χ0n) is 13.8. The molecular weight excluding hydrogens is 306 g/mol. The van der Waals surface area contributed by atoms with Gasteiger partial charge in [0.05, 0.1) is 40.1 Å². The monoisotopic (exact) mass is 332 g/mol. The molecule has 0 heterocycles. The van der Waals surface area contributed by atoms with Crippen LogP contribution in [0.4, 0.5) is 0 Å². The first-order valence-electron chi connectivity index (χ1n) is 7.29. The molecular formula is C15H26NO7+. The minimum absolute atomic E-state index is 0.216. The second-order valence-electron chi connectivity index (χ2n) is 6.36. The molecule has 3 N–H and O–H groups in total. The molecule has 8 heteroatoms. The van der Waals surface area contributed by atoms with Gasteiger partial charge in [-0.2, -0.15) is 0 Å². The number of aliphatic carboxylic acids is 2. The number of carbonyl (C=O) groups excluding carboxylic acids is 1. The van der Waals surface area contributed by atoms with E-state index in [1.807, 2.05) is 21.1 Å². The van der Waals surface area contributed by atoms with Crippen LogP contribution in [0.3, 0.4) is 0 Å². The molecule has 23 heavy (non-hydrogen) atoms. The molecule has 0 rings (SSSR count). The normalized spacial score (nSPS) is 14.4. The van der Waals surface area contributed by atoms with Crippen molar-refractivity contribution in [2.45, 2.75) is 37.9 Å². The lowest BCUT2D eigenvalue weighted by Gasteiger charge is -2.28. The molecule has 0 aromatic carbocycles. The van der Waals surface area contributed by atoms with Gasteiger partial charge in [-0.15, -0.1) is 0 Å². The molecule has 0 fully saturated rings. The molecule has 0 saturated carbocycles. The van der Waals surface area contributed by atoms with Crippen molar-refractivity contribution in [2.24, 2.45) is 0 Å².